The number of nitrogens with zero attached hydrogens (tertiary/aromatic N) is 1. The van der Waals surface area contributed by atoms with Crippen molar-refractivity contribution in [2.75, 3.05) is 0 Å². The molecule has 5 heteroatoms. The van der Waals surface area contributed by atoms with Crippen LogP contribution >= 0.6 is 15.9 Å². The number of halogens is 2. The maximum Gasteiger partial charge on any atom is 0.262 e. The van der Waals surface area contributed by atoms with Gasteiger partial charge in [-0.1, -0.05) is 54.6 Å². The van der Waals surface area contributed by atoms with Crippen LogP contribution in [0.3, 0.4) is 0 Å². The molecule has 2 unspecified atom stereocenters. The van der Waals surface area contributed by atoms with Gasteiger partial charge in [0.25, 0.3) is 5.91 Å². The molecule has 2 atom stereocenters. The van der Waals surface area contributed by atoms with Crippen molar-refractivity contribution in [2.45, 2.75) is 24.4 Å². The molecule has 0 fully saturated rings. The molecule has 0 aromatic heterocycles. The van der Waals surface area contributed by atoms with Crippen LogP contribution in [-0.4, -0.2) is 22.1 Å². The monoisotopic (exact) mass is 423 g/mol. The molecule has 1 spiro atoms. The van der Waals surface area contributed by atoms with Gasteiger partial charge in [0.2, 0.25) is 0 Å². The molecular formula is C22H15BrFNO2. The van der Waals surface area contributed by atoms with Gasteiger partial charge in [-0.3, -0.25) is 9.59 Å². The standard InChI is InChI=1S/C22H15BrFNO2/c23-20-19(13-6-2-1-3-7-13)22-17(10-15(26)11-18(22)24)16-9-5-4-8-14(16)12-25(22)21(20)27/h1-9,11,17H,10,12H2. The normalized spacial score (nSPS) is 26.5. The van der Waals surface area contributed by atoms with Crippen molar-refractivity contribution in [3.8, 4) is 0 Å². The van der Waals surface area contributed by atoms with E-state index < -0.39 is 17.3 Å². The van der Waals surface area contributed by atoms with Crippen molar-refractivity contribution in [2.24, 2.45) is 0 Å². The number of amides is 1. The summed E-state index contributed by atoms with van der Waals surface area (Å²) in [6.07, 6.45) is 1.24. The Bertz CT molecular complexity index is 1060. The van der Waals surface area contributed by atoms with Gasteiger partial charge < -0.3 is 4.90 Å². The molecule has 0 saturated heterocycles. The molecule has 2 aliphatic heterocycles. The summed E-state index contributed by atoms with van der Waals surface area (Å²) >= 11 is 3.45. The summed E-state index contributed by atoms with van der Waals surface area (Å²) in [5.41, 5.74) is 2.01. The number of benzene rings is 2. The molecule has 3 aliphatic rings. The molecule has 2 aromatic rings. The molecule has 134 valence electrons. The van der Waals surface area contributed by atoms with Gasteiger partial charge in [-0.15, -0.1) is 0 Å². The van der Waals surface area contributed by atoms with Crippen LogP contribution in [0.4, 0.5) is 4.39 Å². The highest BCUT2D eigenvalue weighted by molar-refractivity contribution is 9.12. The van der Waals surface area contributed by atoms with Crippen molar-refractivity contribution in [3.05, 3.63) is 87.7 Å². The average molecular weight is 424 g/mol. The third kappa shape index (κ3) is 2.06. The third-order valence-corrected chi connectivity index (χ3v) is 6.58. The second-order valence-corrected chi connectivity index (χ2v) is 7.92. The molecule has 1 amide bonds. The summed E-state index contributed by atoms with van der Waals surface area (Å²) in [6.45, 7) is 0.312. The van der Waals surface area contributed by atoms with Crippen molar-refractivity contribution >= 4 is 33.2 Å². The zero-order valence-electron chi connectivity index (χ0n) is 14.3. The van der Waals surface area contributed by atoms with Gasteiger partial charge in [0, 0.05) is 30.5 Å². The van der Waals surface area contributed by atoms with E-state index in [-0.39, 0.29) is 18.1 Å². The first-order chi connectivity index (χ1) is 13.0. The van der Waals surface area contributed by atoms with Gasteiger partial charge in [-0.25, -0.2) is 4.39 Å². The van der Waals surface area contributed by atoms with Gasteiger partial charge >= 0.3 is 0 Å². The minimum absolute atomic E-state index is 0.171. The lowest BCUT2D eigenvalue weighted by molar-refractivity contribution is -0.132. The van der Waals surface area contributed by atoms with Crippen LogP contribution in [0, 0.1) is 0 Å². The predicted molar refractivity (Wildman–Crippen MR) is 104 cm³/mol. The van der Waals surface area contributed by atoms with E-state index in [0.717, 1.165) is 22.8 Å². The second-order valence-electron chi connectivity index (χ2n) is 7.13. The summed E-state index contributed by atoms with van der Waals surface area (Å²) in [4.78, 5) is 27.0. The van der Waals surface area contributed by atoms with E-state index in [1.165, 1.54) is 0 Å². The first-order valence-electron chi connectivity index (χ1n) is 8.81. The van der Waals surface area contributed by atoms with Crippen molar-refractivity contribution in [1.82, 2.24) is 4.90 Å². The quantitative estimate of drug-likeness (QED) is 0.677. The smallest absolute Gasteiger partial charge is 0.262 e. The first kappa shape index (κ1) is 16.6. The molecule has 2 aromatic carbocycles. The Balaban J connectivity index is 1.86. The Morgan fingerprint density at radius 2 is 1.74 bits per heavy atom. The Morgan fingerprint density at radius 3 is 2.52 bits per heavy atom. The highest BCUT2D eigenvalue weighted by atomic mass is 79.9. The number of rotatable bonds is 1. The maximum atomic E-state index is 15.7. The number of carbonyl (C=O) groups excluding carboxylic acids is 2. The molecular weight excluding hydrogens is 409 g/mol. The average Bonchev–Trinajstić information content (AvgIpc) is 2.90. The Hall–Kier alpha value is -2.53. The highest BCUT2D eigenvalue weighted by Crippen LogP contribution is 2.60. The van der Waals surface area contributed by atoms with Crippen molar-refractivity contribution in [3.63, 3.8) is 0 Å². The van der Waals surface area contributed by atoms with Crippen LogP contribution in [0.1, 0.15) is 29.0 Å². The zero-order valence-corrected chi connectivity index (χ0v) is 15.9. The van der Waals surface area contributed by atoms with Gasteiger partial charge in [-0.05, 0) is 32.6 Å². The van der Waals surface area contributed by atoms with Crippen molar-refractivity contribution in [1.29, 1.82) is 0 Å². The number of allylic oxidation sites excluding steroid dienone is 1. The molecule has 0 radical (unpaired) electrons. The number of fused-ring (bicyclic) bond motifs is 2. The molecule has 1 aliphatic carbocycles. The summed E-state index contributed by atoms with van der Waals surface area (Å²) in [7, 11) is 0. The Labute approximate surface area is 164 Å². The second kappa shape index (κ2) is 5.73. The largest absolute Gasteiger partial charge is 0.317 e. The van der Waals surface area contributed by atoms with E-state index in [9.17, 15) is 9.59 Å². The van der Waals surface area contributed by atoms with Crippen molar-refractivity contribution < 1.29 is 14.0 Å². The molecule has 3 nitrogen and oxygen atoms in total. The fraction of sp³-hybridized carbons (Fsp3) is 0.182. The van der Waals surface area contributed by atoms with E-state index in [2.05, 4.69) is 15.9 Å². The van der Waals surface area contributed by atoms with Gasteiger partial charge in [0.1, 0.15) is 11.4 Å². The lowest BCUT2D eigenvalue weighted by Crippen LogP contribution is -2.57. The highest BCUT2D eigenvalue weighted by Gasteiger charge is 2.62. The summed E-state index contributed by atoms with van der Waals surface area (Å²) < 4.78 is 16.0. The zero-order chi connectivity index (χ0) is 18.8. The summed E-state index contributed by atoms with van der Waals surface area (Å²) in [5.74, 6) is -1.50. The van der Waals surface area contributed by atoms with Crippen LogP contribution in [-0.2, 0) is 16.1 Å². The number of hydrogen-bond donors (Lipinski definition) is 0. The van der Waals surface area contributed by atoms with Crippen LogP contribution < -0.4 is 0 Å². The van der Waals surface area contributed by atoms with Crippen LogP contribution in [0.2, 0.25) is 0 Å². The topological polar surface area (TPSA) is 37.4 Å². The summed E-state index contributed by atoms with van der Waals surface area (Å²) in [5, 5.41) is 0. The molecule has 0 saturated carbocycles. The number of ketones is 1. The fourth-order valence-electron chi connectivity index (χ4n) is 4.80. The number of hydrogen-bond acceptors (Lipinski definition) is 2. The Morgan fingerprint density at radius 1 is 1.04 bits per heavy atom. The molecule has 27 heavy (non-hydrogen) atoms. The SMILES string of the molecule is O=C1C=C(F)C23C(c4ccccc4)=C(Br)C(=O)N2Cc2ccccc2C3C1. The molecule has 5 rings (SSSR count). The third-order valence-electron chi connectivity index (χ3n) is 5.84. The van der Waals surface area contributed by atoms with Gasteiger partial charge in [0.05, 0.1) is 4.48 Å². The lowest BCUT2D eigenvalue weighted by Gasteiger charge is -2.50. The van der Waals surface area contributed by atoms with E-state index >= 15 is 4.39 Å². The summed E-state index contributed by atoms with van der Waals surface area (Å²) in [6, 6.07) is 17.1. The van der Waals surface area contributed by atoms with E-state index in [1.54, 1.807) is 4.90 Å². The van der Waals surface area contributed by atoms with Crippen LogP contribution in [0.5, 0.6) is 0 Å². The van der Waals surface area contributed by atoms with E-state index in [4.69, 9.17) is 0 Å². The minimum Gasteiger partial charge on any atom is -0.317 e. The minimum atomic E-state index is -1.28. The Kier molecular flexibility index (Phi) is 3.53. The van der Waals surface area contributed by atoms with Gasteiger partial charge in [-0.2, -0.15) is 0 Å². The van der Waals surface area contributed by atoms with Crippen LogP contribution in [0.25, 0.3) is 5.57 Å². The number of carbonyl (C=O) groups is 2. The molecule has 2 heterocycles. The lowest BCUT2D eigenvalue weighted by atomic mass is 9.64. The fourth-order valence-corrected chi connectivity index (χ4v) is 5.54. The first-order valence-corrected chi connectivity index (χ1v) is 9.60. The molecule has 0 N–H and O–H groups in total. The van der Waals surface area contributed by atoms with E-state index in [1.807, 2.05) is 54.6 Å². The van der Waals surface area contributed by atoms with Gasteiger partial charge in [0.15, 0.2) is 5.78 Å². The molecule has 0 bridgehead atoms. The van der Waals surface area contributed by atoms with Crippen LogP contribution in [0.15, 0.2) is 71.0 Å². The maximum absolute atomic E-state index is 15.7. The predicted octanol–water partition coefficient (Wildman–Crippen LogP) is 4.50. The van der Waals surface area contributed by atoms with E-state index in [0.29, 0.717) is 16.6 Å².